The van der Waals surface area contributed by atoms with Crippen LogP contribution in [0.4, 0.5) is 5.82 Å². The number of anilines is 1. The number of carbonyl (C=O) groups is 1. The van der Waals surface area contributed by atoms with Crippen molar-refractivity contribution in [1.29, 1.82) is 0 Å². The number of rotatable bonds is 4. The lowest BCUT2D eigenvalue weighted by Crippen LogP contribution is -2.47. The van der Waals surface area contributed by atoms with E-state index in [0.717, 1.165) is 42.7 Å². The molecule has 1 aromatic heterocycles. The van der Waals surface area contributed by atoms with Crippen molar-refractivity contribution in [2.75, 3.05) is 39.2 Å². The number of hydrogen-bond donors (Lipinski definition) is 1. The van der Waals surface area contributed by atoms with Gasteiger partial charge < -0.3 is 20.3 Å². The molecular formula is C21H28N4O2. The van der Waals surface area contributed by atoms with Crippen molar-refractivity contribution in [3.8, 4) is 0 Å². The van der Waals surface area contributed by atoms with Gasteiger partial charge in [0.05, 0.1) is 17.2 Å². The summed E-state index contributed by atoms with van der Waals surface area (Å²) in [7, 11) is 6.08. The molecule has 1 aliphatic carbocycles. The van der Waals surface area contributed by atoms with Gasteiger partial charge >= 0.3 is 0 Å². The van der Waals surface area contributed by atoms with Crippen molar-refractivity contribution in [2.24, 2.45) is 17.6 Å². The molecule has 27 heavy (non-hydrogen) atoms. The first-order chi connectivity index (χ1) is 13.0. The van der Waals surface area contributed by atoms with E-state index >= 15 is 0 Å². The Morgan fingerprint density at radius 3 is 2.59 bits per heavy atom. The SMILES string of the molecule is CO[C@@H]1C[C@H]2CN(c3cc(C(N)=O)c4ccccc4n3)C[C@H]2C[C@H]1N(C)C. The Balaban J connectivity index is 1.63. The quantitative estimate of drug-likeness (QED) is 0.895. The molecule has 1 saturated heterocycles. The van der Waals surface area contributed by atoms with Crippen LogP contribution < -0.4 is 10.6 Å². The monoisotopic (exact) mass is 368 g/mol. The van der Waals surface area contributed by atoms with Gasteiger partial charge in [0.15, 0.2) is 0 Å². The molecule has 1 amide bonds. The summed E-state index contributed by atoms with van der Waals surface area (Å²) in [6.45, 7) is 1.92. The third kappa shape index (κ3) is 3.28. The molecule has 1 aromatic carbocycles. The highest BCUT2D eigenvalue weighted by Crippen LogP contribution is 2.40. The second-order valence-corrected chi connectivity index (χ2v) is 8.11. The molecule has 2 heterocycles. The number of pyridine rings is 1. The van der Waals surface area contributed by atoms with Crippen LogP contribution in [0.25, 0.3) is 10.9 Å². The van der Waals surface area contributed by atoms with Gasteiger partial charge in [-0.05, 0) is 50.9 Å². The zero-order chi connectivity index (χ0) is 19.1. The summed E-state index contributed by atoms with van der Waals surface area (Å²) < 4.78 is 5.79. The topological polar surface area (TPSA) is 71.7 Å². The number of benzene rings is 1. The first-order valence-electron chi connectivity index (χ1n) is 9.61. The predicted molar refractivity (Wildman–Crippen MR) is 107 cm³/mol. The number of amides is 1. The number of hydrogen-bond acceptors (Lipinski definition) is 5. The van der Waals surface area contributed by atoms with Gasteiger partial charge in [-0.2, -0.15) is 0 Å². The third-order valence-electron chi connectivity index (χ3n) is 6.34. The van der Waals surface area contributed by atoms with Crippen molar-refractivity contribution in [3.63, 3.8) is 0 Å². The number of ether oxygens (including phenoxy) is 1. The molecule has 144 valence electrons. The summed E-state index contributed by atoms with van der Waals surface area (Å²) in [6, 6.07) is 10.0. The van der Waals surface area contributed by atoms with Crippen LogP contribution in [0, 0.1) is 11.8 Å². The number of carbonyl (C=O) groups excluding carboxylic acids is 1. The smallest absolute Gasteiger partial charge is 0.249 e. The molecule has 0 radical (unpaired) electrons. The van der Waals surface area contributed by atoms with Crippen molar-refractivity contribution >= 4 is 22.6 Å². The summed E-state index contributed by atoms with van der Waals surface area (Å²) in [5.74, 6) is 1.66. The Morgan fingerprint density at radius 1 is 1.22 bits per heavy atom. The van der Waals surface area contributed by atoms with E-state index in [1.807, 2.05) is 37.4 Å². The fraction of sp³-hybridized carbons (Fsp3) is 0.524. The van der Waals surface area contributed by atoms with E-state index in [2.05, 4.69) is 23.9 Å². The van der Waals surface area contributed by atoms with Crippen LogP contribution in [0.5, 0.6) is 0 Å². The summed E-state index contributed by atoms with van der Waals surface area (Å²) in [5.41, 5.74) is 7.01. The van der Waals surface area contributed by atoms with Crippen LogP contribution in [0.15, 0.2) is 30.3 Å². The molecular weight excluding hydrogens is 340 g/mol. The van der Waals surface area contributed by atoms with Crippen LogP contribution >= 0.6 is 0 Å². The molecule has 0 bridgehead atoms. The maximum absolute atomic E-state index is 12.0. The number of nitrogens with two attached hydrogens (primary N) is 1. The predicted octanol–water partition coefficient (Wildman–Crippen LogP) is 2.13. The van der Waals surface area contributed by atoms with Crippen LogP contribution in [-0.2, 0) is 4.74 Å². The first kappa shape index (κ1) is 18.2. The highest BCUT2D eigenvalue weighted by molar-refractivity contribution is 6.06. The van der Waals surface area contributed by atoms with E-state index in [1.54, 1.807) is 0 Å². The summed E-state index contributed by atoms with van der Waals surface area (Å²) in [4.78, 5) is 21.4. The lowest BCUT2D eigenvalue weighted by atomic mass is 9.77. The largest absolute Gasteiger partial charge is 0.380 e. The molecule has 0 unspecified atom stereocenters. The van der Waals surface area contributed by atoms with Gasteiger partial charge in [-0.15, -0.1) is 0 Å². The summed E-state index contributed by atoms with van der Waals surface area (Å²) >= 11 is 0. The van der Waals surface area contributed by atoms with Crippen LogP contribution in [0.3, 0.4) is 0 Å². The fourth-order valence-electron chi connectivity index (χ4n) is 4.90. The van der Waals surface area contributed by atoms with Gasteiger partial charge in [0.1, 0.15) is 5.82 Å². The van der Waals surface area contributed by atoms with Gasteiger partial charge in [-0.25, -0.2) is 4.98 Å². The normalized spacial score (nSPS) is 27.9. The number of para-hydroxylation sites is 1. The van der Waals surface area contributed by atoms with Crippen molar-refractivity contribution < 1.29 is 9.53 Å². The van der Waals surface area contributed by atoms with E-state index in [-0.39, 0.29) is 6.10 Å². The van der Waals surface area contributed by atoms with E-state index in [4.69, 9.17) is 15.5 Å². The van der Waals surface area contributed by atoms with E-state index < -0.39 is 5.91 Å². The van der Waals surface area contributed by atoms with Gasteiger partial charge in [0.2, 0.25) is 5.91 Å². The van der Waals surface area contributed by atoms with E-state index in [1.165, 1.54) is 0 Å². The number of nitrogens with zero attached hydrogens (tertiary/aromatic N) is 3. The Morgan fingerprint density at radius 2 is 1.93 bits per heavy atom. The maximum atomic E-state index is 12.0. The molecule has 2 fully saturated rings. The highest BCUT2D eigenvalue weighted by Gasteiger charge is 2.43. The molecule has 6 heteroatoms. The second-order valence-electron chi connectivity index (χ2n) is 8.11. The lowest BCUT2D eigenvalue weighted by molar-refractivity contribution is -0.0209. The molecule has 4 rings (SSSR count). The standard InChI is InChI=1S/C21H28N4O2/c1-24(2)18-8-13-11-25(12-14(13)9-19(18)27-3)20-10-16(21(22)26)15-6-4-5-7-17(15)23-20/h4-7,10,13-14,18-19H,8-9,11-12H2,1-3H3,(H2,22,26)/t13-,14+,18-,19-/m1/s1. The zero-order valence-corrected chi connectivity index (χ0v) is 16.3. The Hall–Kier alpha value is -2.18. The van der Waals surface area contributed by atoms with Gasteiger partial charge in [-0.1, -0.05) is 18.2 Å². The average molecular weight is 368 g/mol. The average Bonchev–Trinajstić information content (AvgIpc) is 3.08. The minimum atomic E-state index is -0.404. The molecule has 1 aliphatic heterocycles. The maximum Gasteiger partial charge on any atom is 0.249 e. The van der Waals surface area contributed by atoms with Gasteiger partial charge in [-0.3, -0.25) is 4.79 Å². The Bertz CT molecular complexity index is 853. The Kier molecular flexibility index (Phi) is 4.78. The van der Waals surface area contributed by atoms with Gasteiger partial charge in [0, 0.05) is 31.6 Å². The molecule has 2 aromatic rings. The molecule has 0 spiro atoms. The van der Waals surface area contributed by atoms with Crippen molar-refractivity contribution in [2.45, 2.75) is 25.0 Å². The highest BCUT2D eigenvalue weighted by atomic mass is 16.5. The third-order valence-corrected chi connectivity index (χ3v) is 6.34. The van der Waals surface area contributed by atoms with Crippen LogP contribution in [-0.4, -0.2) is 62.2 Å². The lowest BCUT2D eigenvalue weighted by Gasteiger charge is -2.40. The first-order valence-corrected chi connectivity index (χ1v) is 9.61. The molecule has 2 N–H and O–H groups in total. The molecule has 2 aliphatic rings. The number of primary amides is 1. The summed E-state index contributed by atoms with van der Waals surface area (Å²) in [6.07, 6.45) is 2.46. The molecule has 6 nitrogen and oxygen atoms in total. The summed E-state index contributed by atoms with van der Waals surface area (Å²) in [5, 5.41) is 0.817. The fourth-order valence-corrected chi connectivity index (χ4v) is 4.90. The minimum absolute atomic E-state index is 0.270. The molecule has 4 atom stereocenters. The second kappa shape index (κ2) is 7.09. The minimum Gasteiger partial charge on any atom is -0.380 e. The van der Waals surface area contributed by atoms with Crippen molar-refractivity contribution in [3.05, 3.63) is 35.9 Å². The Labute approximate surface area is 160 Å². The molecule has 1 saturated carbocycles. The van der Waals surface area contributed by atoms with Crippen molar-refractivity contribution in [1.82, 2.24) is 9.88 Å². The van der Waals surface area contributed by atoms with E-state index in [0.29, 0.717) is 23.4 Å². The number of methoxy groups -OCH3 is 1. The number of aromatic nitrogens is 1. The van der Waals surface area contributed by atoms with Crippen LogP contribution in [0.1, 0.15) is 23.2 Å². The number of fused-ring (bicyclic) bond motifs is 2. The van der Waals surface area contributed by atoms with E-state index in [9.17, 15) is 4.79 Å². The van der Waals surface area contributed by atoms with Crippen LogP contribution in [0.2, 0.25) is 0 Å². The zero-order valence-electron chi connectivity index (χ0n) is 16.3. The number of likely N-dealkylation sites (N-methyl/N-ethyl adjacent to an activating group) is 1. The van der Waals surface area contributed by atoms with Gasteiger partial charge in [0.25, 0.3) is 0 Å².